The zero-order valence-corrected chi connectivity index (χ0v) is 13.1. The molecule has 4 heteroatoms. The van der Waals surface area contributed by atoms with Crippen LogP contribution in [0.15, 0.2) is 40.2 Å². The summed E-state index contributed by atoms with van der Waals surface area (Å²) in [6, 6.07) is 10.2. The Morgan fingerprint density at radius 2 is 2.11 bits per heavy atom. The summed E-state index contributed by atoms with van der Waals surface area (Å²) in [7, 11) is 0. The van der Waals surface area contributed by atoms with Crippen LogP contribution in [0.1, 0.15) is 10.4 Å². The predicted octanol–water partition coefficient (Wildman–Crippen LogP) is 4.52. The molecule has 96 valence electrons. The Morgan fingerprint density at radius 3 is 2.72 bits per heavy atom. The van der Waals surface area contributed by atoms with Gasteiger partial charge < -0.3 is 5.73 Å². The Balaban J connectivity index is 2.01. The molecule has 18 heavy (non-hydrogen) atoms. The summed E-state index contributed by atoms with van der Waals surface area (Å²) >= 11 is 11.3. The molecule has 1 nitrogen and oxygen atoms in total. The van der Waals surface area contributed by atoms with Crippen LogP contribution in [-0.4, -0.2) is 6.54 Å². The molecule has 0 saturated heterocycles. The molecule has 0 radical (unpaired) electrons. The number of thiophene rings is 1. The minimum absolute atomic E-state index is 0.467. The number of hydrogen-bond acceptors (Lipinski definition) is 2. The molecule has 1 aromatic heterocycles. The summed E-state index contributed by atoms with van der Waals surface area (Å²) in [5.41, 5.74) is 7.13. The highest BCUT2D eigenvalue weighted by atomic mass is 79.9. The first-order valence-electron chi connectivity index (χ1n) is 5.85. The van der Waals surface area contributed by atoms with Gasteiger partial charge in [-0.2, -0.15) is 0 Å². The van der Waals surface area contributed by atoms with Gasteiger partial charge in [-0.05, 0) is 65.0 Å². The minimum Gasteiger partial charge on any atom is -0.330 e. The van der Waals surface area contributed by atoms with E-state index in [1.54, 1.807) is 11.3 Å². The molecule has 2 rings (SSSR count). The van der Waals surface area contributed by atoms with Gasteiger partial charge in [-0.15, -0.1) is 11.3 Å². The number of benzene rings is 1. The Labute approximate surface area is 125 Å². The first kappa shape index (κ1) is 14.1. The summed E-state index contributed by atoms with van der Waals surface area (Å²) in [5.74, 6) is 0.467. The topological polar surface area (TPSA) is 26.0 Å². The van der Waals surface area contributed by atoms with E-state index >= 15 is 0 Å². The first-order valence-corrected chi connectivity index (χ1v) is 7.90. The zero-order chi connectivity index (χ0) is 13.0. The maximum Gasteiger partial charge on any atom is 0.0408 e. The van der Waals surface area contributed by atoms with Gasteiger partial charge >= 0.3 is 0 Å². The van der Waals surface area contributed by atoms with Gasteiger partial charge in [0, 0.05) is 19.8 Å². The van der Waals surface area contributed by atoms with Gasteiger partial charge in [0.25, 0.3) is 0 Å². The standard InChI is InChI=1S/C14H15BrClNS/c15-12-7-14(18-9-12)6-11(8-17)4-10-2-1-3-13(16)5-10/h1-3,5,7,9,11H,4,6,8,17H2. The quantitative estimate of drug-likeness (QED) is 0.847. The van der Waals surface area contributed by atoms with Crippen molar-refractivity contribution in [2.24, 2.45) is 11.7 Å². The summed E-state index contributed by atoms with van der Waals surface area (Å²) < 4.78 is 1.15. The summed E-state index contributed by atoms with van der Waals surface area (Å²) in [5, 5.41) is 2.91. The summed E-state index contributed by atoms with van der Waals surface area (Å²) in [6.45, 7) is 0.696. The molecule has 1 heterocycles. The lowest BCUT2D eigenvalue weighted by molar-refractivity contribution is 0.537. The van der Waals surface area contributed by atoms with Gasteiger partial charge in [-0.1, -0.05) is 23.7 Å². The van der Waals surface area contributed by atoms with Crippen molar-refractivity contribution in [1.82, 2.24) is 0 Å². The summed E-state index contributed by atoms with van der Waals surface area (Å²) in [4.78, 5) is 1.37. The lowest BCUT2D eigenvalue weighted by atomic mass is 9.96. The monoisotopic (exact) mass is 343 g/mol. The molecule has 0 saturated carbocycles. The predicted molar refractivity (Wildman–Crippen MR) is 83.4 cm³/mol. The Bertz CT molecular complexity index is 512. The molecule has 0 fully saturated rings. The van der Waals surface area contributed by atoms with Crippen LogP contribution in [0.4, 0.5) is 0 Å². The smallest absolute Gasteiger partial charge is 0.0408 e. The van der Waals surface area contributed by atoms with Crippen molar-refractivity contribution in [1.29, 1.82) is 0 Å². The fourth-order valence-corrected chi connectivity index (χ4v) is 3.76. The SMILES string of the molecule is NCC(Cc1cccc(Cl)c1)Cc1cc(Br)cs1. The van der Waals surface area contributed by atoms with E-state index in [2.05, 4.69) is 33.4 Å². The van der Waals surface area contributed by atoms with Gasteiger partial charge in [-0.25, -0.2) is 0 Å². The molecule has 1 unspecified atom stereocenters. The molecule has 0 aliphatic carbocycles. The molecule has 2 N–H and O–H groups in total. The molecule has 0 amide bonds. The highest BCUT2D eigenvalue weighted by molar-refractivity contribution is 9.10. The fraction of sp³-hybridized carbons (Fsp3) is 0.286. The Kier molecular flexibility index (Phi) is 5.25. The zero-order valence-electron chi connectivity index (χ0n) is 9.90. The average Bonchev–Trinajstić information content (AvgIpc) is 2.74. The molecular weight excluding hydrogens is 330 g/mol. The van der Waals surface area contributed by atoms with Crippen LogP contribution < -0.4 is 5.73 Å². The maximum absolute atomic E-state index is 6.00. The van der Waals surface area contributed by atoms with E-state index in [1.165, 1.54) is 10.4 Å². The first-order chi connectivity index (χ1) is 8.67. The van der Waals surface area contributed by atoms with Crippen LogP contribution in [0.2, 0.25) is 5.02 Å². The van der Waals surface area contributed by atoms with Gasteiger partial charge in [0.05, 0.1) is 0 Å². The lowest BCUT2D eigenvalue weighted by Crippen LogP contribution is -2.18. The molecule has 0 spiro atoms. The van der Waals surface area contributed by atoms with Gasteiger partial charge in [0.15, 0.2) is 0 Å². The Hall–Kier alpha value is -0.350. The molecule has 0 aliphatic heterocycles. The van der Waals surface area contributed by atoms with E-state index in [9.17, 15) is 0 Å². The van der Waals surface area contributed by atoms with E-state index in [0.717, 1.165) is 22.3 Å². The molecule has 1 aromatic carbocycles. The van der Waals surface area contributed by atoms with Crippen LogP contribution in [0.25, 0.3) is 0 Å². The summed E-state index contributed by atoms with van der Waals surface area (Å²) in [6.07, 6.45) is 2.01. The van der Waals surface area contributed by atoms with Crippen molar-refractivity contribution >= 4 is 38.9 Å². The van der Waals surface area contributed by atoms with E-state index in [0.29, 0.717) is 12.5 Å². The molecule has 0 bridgehead atoms. The van der Waals surface area contributed by atoms with Gasteiger partial charge in [0.2, 0.25) is 0 Å². The molecule has 2 aromatic rings. The van der Waals surface area contributed by atoms with Crippen LogP contribution in [0, 0.1) is 5.92 Å². The minimum atomic E-state index is 0.467. The second kappa shape index (κ2) is 6.71. The second-order valence-electron chi connectivity index (χ2n) is 4.37. The van der Waals surface area contributed by atoms with Crippen LogP contribution in [-0.2, 0) is 12.8 Å². The molecule has 0 aliphatic rings. The van der Waals surface area contributed by atoms with Crippen molar-refractivity contribution in [3.05, 3.63) is 55.6 Å². The average molecular weight is 345 g/mol. The van der Waals surface area contributed by atoms with Crippen molar-refractivity contribution in [2.75, 3.05) is 6.54 Å². The third kappa shape index (κ3) is 4.09. The van der Waals surface area contributed by atoms with E-state index in [4.69, 9.17) is 17.3 Å². The number of rotatable bonds is 5. The molecule has 1 atom stereocenters. The van der Waals surface area contributed by atoms with Crippen molar-refractivity contribution in [3.63, 3.8) is 0 Å². The normalized spacial score (nSPS) is 12.6. The molecular formula is C14H15BrClNS. The van der Waals surface area contributed by atoms with Gasteiger partial charge in [-0.3, -0.25) is 0 Å². The maximum atomic E-state index is 6.00. The van der Waals surface area contributed by atoms with Crippen LogP contribution in [0.3, 0.4) is 0 Å². The number of hydrogen-bond donors (Lipinski definition) is 1. The largest absolute Gasteiger partial charge is 0.330 e. The van der Waals surface area contributed by atoms with Crippen molar-refractivity contribution < 1.29 is 0 Å². The number of nitrogens with two attached hydrogens (primary N) is 1. The highest BCUT2D eigenvalue weighted by Gasteiger charge is 2.10. The Morgan fingerprint density at radius 1 is 1.28 bits per heavy atom. The third-order valence-corrected chi connectivity index (χ3v) is 4.81. The third-order valence-electron chi connectivity index (χ3n) is 2.86. The van der Waals surface area contributed by atoms with E-state index < -0.39 is 0 Å². The van der Waals surface area contributed by atoms with E-state index in [-0.39, 0.29) is 0 Å². The van der Waals surface area contributed by atoms with Crippen molar-refractivity contribution in [3.8, 4) is 0 Å². The number of halogens is 2. The van der Waals surface area contributed by atoms with Crippen molar-refractivity contribution in [2.45, 2.75) is 12.8 Å². The highest BCUT2D eigenvalue weighted by Crippen LogP contribution is 2.24. The second-order valence-corrected chi connectivity index (χ2v) is 6.72. The van der Waals surface area contributed by atoms with Crippen LogP contribution in [0.5, 0.6) is 0 Å². The van der Waals surface area contributed by atoms with E-state index in [1.807, 2.05) is 18.2 Å². The fourth-order valence-electron chi connectivity index (χ4n) is 1.98. The van der Waals surface area contributed by atoms with Gasteiger partial charge in [0.1, 0.15) is 0 Å². The van der Waals surface area contributed by atoms with Crippen LogP contribution >= 0.6 is 38.9 Å². The lowest BCUT2D eigenvalue weighted by Gasteiger charge is -2.13.